The van der Waals surface area contributed by atoms with Gasteiger partial charge in [0.05, 0.1) is 5.39 Å². The lowest BCUT2D eigenvalue weighted by atomic mass is 9.97. The Balaban J connectivity index is 1.55. The van der Waals surface area contributed by atoms with E-state index in [1.807, 2.05) is 15.9 Å². The SMILES string of the molecule is Brc1ccc(CSc2nnc3n4ncnc4c4c5c(sc4n23)CCCC5)cc1. The normalized spacial score (nSPS) is 14.3. The van der Waals surface area contributed by atoms with Gasteiger partial charge >= 0.3 is 0 Å². The van der Waals surface area contributed by atoms with E-state index in [2.05, 4.69) is 64.9 Å². The van der Waals surface area contributed by atoms with Gasteiger partial charge in [0.15, 0.2) is 10.8 Å². The van der Waals surface area contributed by atoms with Crippen LogP contribution in [0.3, 0.4) is 0 Å². The van der Waals surface area contributed by atoms with Gasteiger partial charge in [-0.1, -0.05) is 39.8 Å². The van der Waals surface area contributed by atoms with Gasteiger partial charge in [-0.25, -0.2) is 9.38 Å². The summed E-state index contributed by atoms with van der Waals surface area (Å²) in [6, 6.07) is 8.41. The van der Waals surface area contributed by atoms with Gasteiger partial charge in [0, 0.05) is 15.1 Å². The van der Waals surface area contributed by atoms with E-state index in [-0.39, 0.29) is 0 Å². The Morgan fingerprint density at radius 1 is 1.11 bits per heavy atom. The van der Waals surface area contributed by atoms with Gasteiger partial charge in [0.2, 0.25) is 0 Å². The first-order chi connectivity index (χ1) is 13.8. The van der Waals surface area contributed by atoms with Crippen molar-refractivity contribution in [3.63, 3.8) is 0 Å². The van der Waals surface area contributed by atoms with Crippen molar-refractivity contribution in [3.8, 4) is 0 Å². The third-order valence-corrected chi connectivity index (χ3v) is 8.02. The Labute approximate surface area is 177 Å². The number of rotatable bonds is 3. The average molecular weight is 471 g/mol. The molecule has 0 spiro atoms. The molecular weight excluding hydrogens is 456 g/mol. The van der Waals surface area contributed by atoms with Crippen molar-refractivity contribution in [2.45, 2.75) is 36.6 Å². The molecule has 0 saturated heterocycles. The number of benzene rings is 1. The number of hydrogen-bond acceptors (Lipinski definition) is 6. The molecule has 4 heterocycles. The summed E-state index contributed by atoms with van der Waals surface area (Å²) in [7, 11) is 0. The fraction of sp³-hybridized carbons (Fsp3) is 0.263. The number of fused-ring (bicyclic) bond motifs is 8. The molecule has 140 valence electrons. The second-order valence-electron chi connectivity index (χ2n) is 6.92. The largest absolute Gasteiger partial charge is 0.260 e. The number of hydrogen-bond donors (Lipinski definition) is 0. The smallest absolute Gasteiger partial charge is 0.244 e. The third-order valence-electron chi connectivity index (χ3n) is 5.21. The minimum absolute atomic E-state index is 0.733. The van der Waals surface area contributed by atoms with E-state index < -0.39 is 0 Å². The highest BCUT2D eigenvalue weighted by molar-refractivity contribution is 9.10. The van der Waals surface area contributed by atoms with Crippen LogP contribution >= 0.6 is 39.0 Å². The summed E-state index contributed by atoms with van der Waals surface area (Å²) in [6.45, 7) is 0. The maximum absolute atomic E-state index is 4.55. The van der Waals surface area contributed by atoms with Gasteiger partial charge in [-0.05, 0) is 48.9 Å². The number of nitrogens with zero attached hydrogens (tertiary/aromatic N) is 6. The number of aromatic nitrogens is 6. The number of aryl methyl sites for hydroxylation is 2. The topological polar surface area (TPSA) is 60.4 Å². The fourth-order valence-electron chi connectivity index (χ4n) is 3.90. The molecule has 0 fully saturated rings. The molecule has 0 radical (unpaired) electrons. The molecule has 0 unspecified atom stereocenters. The Bertz CT molecular complexity index is 1330. The molecule has 1 aromatic carbocycles. The summed E-state index contributed by atoms with van der Waals surface area (Å²) in [5, 5.41) is 15.5. The van der Waals surface area contributed by atoms with Crippen LogP contribution in [0.5, 0.6) is 0 Å². The van der Waals surface area contributed by atoms with Crippen molar-refractivity contribution in [3.05, 3.63) is 51.1 Å². The summed E-state index contributed by atoms with van der Waals surface area (Å²) >= 11 is 7.07. The van der Waals surface area contributed by atoms with Crippen molar-refractivity contribution in [2.24, 2.45) is 0 Å². The van der Waals surface area contributed by atoms with Crippen molar-refractivity contribution < 1.29 is 0 Å². The summed E-state index contributed by atoms with van der Waals surface area (Å²) in [5.41, 5.74) is 3.61. The summed E-state index contributed by atoms with van der Waals surface area (Å²) < 4.78 is 5.10. The molecule has 0 saturated carbocycles. The van der Waals surface area contributed by atoms with Crippen LogP contribution in [-0.2, 0) is 18.6 Å². The van der Waals surface area contributed by atoms with Gasteiger partial charge in [-0.3, -0.25) is 0 Å². The highest BCUT2D eigenvalue weighted by Gasteiger charge is 2.24. The molecule has 1 aliphatic rings. The van der Waals surface area contributed by atoms with Gasteiger partial charge < -0.3 is 0 Å². The van der Waals surface area contributed by atoms with E-state index in [4.69, 9.17) is 0 Å². The first-order valence-electron chi connectivity index (χ1n) is 9.18. The molecule has 0 atom stereocenters. The number of thioether (sulfide) groups is 1. The second kappa shape index (κ2) is 6.53. The molecule has 0 amide bonds. The van der Waals surface area contributed by atoms with Crippen molar-refractivity contribution in [1.29, 1.82) is 0 Å². The maximum Gasteiger partial charge on any atom is 0.260 e. The molecule has 9 heteroatoms. The van der Waals surface area contributed by atoms with Crippen LogP contribution in [0.2, 0.25) is 0 Å². The molecular formula is C19H15BrN6S2. The van der Waals surface area contributed by atoms with E-state index in [1.54, 1.807) is 18.1 Å². The molecule has 28 heavy (non-hydrogen) atoms. The summed E-state index contributed by atoms with van der Waals surface area (Å²) in [4.78, 5) is 7.24. The number of halogens is 1. The van der Waals surface area contributed by atoms with Gasteiger partial charge in [0.25, 0.3) is 5.78 Å². The van der Waals surface area contributed by atoms with Crippen LogP contribution in [0.4, 0.5) is 0 Å². The zero-order valence-electron chi connectivity index (χ0n) is 14.8. The van der Waals surface area contributed by atoms with Crippen LogP contribution in [0.1, 0.15) is 28.8 Å². The molecule has 0 aliphatic heterocycles. The minimum Gasteiger partial charge on any atom is -0.244 e. The minimum atomic E-state index is 0.733. The van der Waals surface area contributed by atoms with Crippen LogP contribution < -0.4 is 0 Å². The fourth-order valence-corrected chi connectivity index (χ4v) is 6.49. The standard InChI is InChI=1S/C19H15BrN6S2/c20-12-7-5-11(6-8-12)9-27-19-24-23-18-25(19)17-15(16-21-10-22-26(16)18)13-3-1-2-4-14(13)28-17/h5-8,10H,1-4,9H2. The quantitative estimate of drug-likeness (QED) is 0.350. The second-order valence-corrected chi connectivity index (χ2v) is 9.86. The average Bonchev–Trinajstić information content (AvgIpc) is 3.43. The van der Waals surface area contributed by atoms with E-state index in [9.17, 15) is 0 Å². The highest BCUT2D eigenvalue weighted by Crippen LogP contribution is 2.39. The Kier molecular flexibility index (Phi) is 3.95. The van der Waals surface area contributed by atoms with Crippen LogP contribution in [-0.4, -0.2) is 29.2 Å². The molecule has 4 aromatic heterocycles. The van der Waals surface area contributed by atoms with Crippen LogP contribution in [0.15, 0.2) is 40.2 Å². The van der Waals surface area contributed by atoms with Gasteiger partial charge in [0.1, 0.15) is 11.2 Å². The van der Waals surface area contributed by atoms with E-state index >= 15 is 0 Å². The first-order valence-corrected chi connectivity index (χ1v) is 11.8. The molecule has 0 bridgehead atoms. The van der Waals surface area contributed by atoms with Crippen molar-refractivity contribution in [2.75, 3.05) is 0 Å². The predicted octanol–water partition coefficient (Wildman–Crippen LogP) is 4.92. The lowest BCUT2D eigenvalue weighted by Gasteiger charge is -2.10. The van der Waals surface area contributed by atoms with E-state index in [0.717, 1.165) is 39.6 Å². The predicted molar refractivity (Wildman–Crippen MR) is 115 cm³/mol. The van der Waals surface area contributed by atoms with Crippen LogP contribution in [0.25, 0.3) is 21.6 Å². The zero-order chi connectivity index (χ0) is 18.7. The van der Waals surface area contributed by atoms with Gasteiger partial charge in [-0.2, -0.15) is 9.61 Å². The Hall–Kier alpha value is -1.97. The van der Waals surface area contributed by atoms with Gasteiger partial charge in [-0.15, -0.1) is 21.5 Å². The van der Waals surface area contributed by atoms with E-state index in [1.165, 1.54) is 39.1 Å². The lowest BCUT2D eigenvalue weighted by Crippen LogP contribution is -2.01. The monoisotopic (exact) mass is 470 g/mol. The van der Waals surface area contributed by atoms with Crippen molar-refractivity contribution >= 4 is 60.7 Å². The maximum atomic E-state index is 4.55. The molecule has 5 aromatic rings. The number of thiophene rings is 1. The van der Waals surface area contributed by atoms with Crippen LogP contribution in [0, 0.1) is 0 Å². The highest BCUT2D eigenvalue weighted by atomic mass is 79.9. The van der Waals surface area contributed by atoms with Crippen molar-refractivity contribution in [1.82, 2.24) is 29.2 Å². The molecule has 0 N–H and O–H groups in total. The zero-order valence-corrected chi connectivity index (χ0v) is 18.0. The Morgan fingerprint density at radius 2 is 1.96 bits per heavy atom. The summed E-state index contributed by atoms with van der Waals surface area (Å²) in [5.74, 6) is 1.58. The first kappa shape index (κ1) is 16.9. The lowest BCUT2D eigenvalue weighted by molar-refractivity contribution is 0.700. The summed E-state index contributed by atoms with van der Waals surface area (Å²) in [6.07, 6.45) is 6.39. The molecule has 1 aliphatic carbocycles. The molecule has 6 nitrogen and oxygen atoms in total. The van der Waals surface area contributed by atoms with E-state index in [0.29, 0.717) is 0 Å². The molecule has 6 rings (SSSR count). The Morgan fingerprint density at radius 3 is 2.86 bits per heavy atom. The third kappa shape index (κ3) is 2.53.